The summed E-state index contributed by atoms with van der Waals surface area (Å²) in [5.74, 6) is 0.0619. The molecule has 1 N–H and O–H groups in total. The normalized spacial score (nSPS) is 10.7. The van der Waals surface area contributed by atoms with Gasteiger partial charge in [0, 0.05) is 4.47 Å². The molecule has 0 fully saturated rings. The molecule has 1 rings (SSSR count). The van der Waals surface area contributed by atoms with Gasteiger partial charge in [-0.15, -0.1) is 0 Å². The highest BCUT2D eigenvalue weighted by Gasteiger charge is 2.10. The molecule has 0 saturated carbocycles. The Morgan fingerprint density at radius 2 is 2.11 bits per heavy atom. The zero-order valence-corrected chi connectivity index (χ0v) is 11.5. The van der Waals surface area contributed by atoms with Crippen LogP contribution in [0.2, 0.25) is 0 Å². The Labute approximate surface area is 113 Å². The minimum atomic E-state index is -0.621. The van der Waals surface area contributed by atoms with E-state index in [1.54, 1.807) is 25.3 Å². The highest BCUT2D eigenvalue weighted by atomic mass is 79.9. The molecule has 0 radical (unpaired) electrons. The number of hydrogen-bond acceptors (Lipinski definition) is 4. The first-order valence-electron chi connectivity index (χ1n) is 4.96. The molecule has 1 aromatic carbocycles. The van der Waals surface area contributed by atoms with Crippen molar-refractivity contribution in [1.82, 2.24) is 5.32 Å². The van der Waals surface area contributed by atoms with Gasteiger partial charge in [-0.1, -0.05) is 22.0 Å². The largest absolute Gasteiger partial charge is 0.497 e. The Hall–Kier alpha value is -1.82. The van der Waals surface area contributed by atoms with E-state index < -0.39 is 5.97 Å². The number of carbonyl (C=O) groups is 2. The highest BCUT2D eigenvalue weighted by molar-refractivity contribution is 9.10. The Kier molecular flexibility index (Phi) is 5.38. The molecule has 0 heterocycles. The maximum atomic E-state index is 11.4. The van der Waals surface area contributed by atoms with Crippen LogP contribution in [0.4, 0.5) is 0 Å². The smallest absolute Gasteiger partial charge is 0.354 e. The van der Waals surface area contributed by atoms with E-state index >= 15 is 0 Å². The number of benzene rings is 1. The first-order valence-corrected chi connectivity index (χ1v) is 5.75. The third-order valence-corrected chi connectivity index (χ3v) is 2.81. The van der Waals surface area contributed by atoms with Crippen molar-refractivity contribution in [3.63, 3.8) is 0 Å². The molecule has 0 spiro atoms. The minimum absolute atomic E-state index is 0.0540. The van der Waals surface area contributed by atoms with Crippen molar-refractivity contribution >= 4 is 34.4 Å². The minimum Gasteiger partial charge on any atom is -0.497 e. The van der Waals surface area contributed by atoms with Gasteiger partial charge < -0.3 is 14.8 Å². The summed E-state index contributed by atoms with van der Waals surface area (Å²) in [6, 6.07) is 5.24. The van der Waals surface area contributed by atoms with E-state index in [1.807, 2.05) is 0 Å². The average molecular weight is 314 g/mol. The lowest BCUT2D eigenvalue weighted by Gasteiger charge is -2.06. The Morgan fingerprint density at radius 3 is 2.61 bits per heavy atom. The summed E-state index contributed by atoms with van der Waals surface area (Å²) in [5, 5.41) is 2.29. The molecule has 0 atom stereocenters. The summed E-state index contributed by atoms with van der Waals surface area (Å²) in [5.41, 5.74) is 0.768. The van der Waals surface area contributed by atoms with Crippen LogP contribution in [0.25, 0.3) is 6.08 Å². The molecule has 0 aromatic heterocycles. The molecule has 0 bridgehead atoms. The van der Waals surface area contributed by atoms with Gasteiger partial charge in [0.05, 0.1) is 14.2 Å². The van der Waals surface area contributed by atoms with Gasteiger partial charge in [0.2, 0.25) is 6.41 Å². The monoisotopic (exact) mass is 313 g/mol. The summed E-state index contributed by atoms with van der Waals surface area (Å²) in [6.07, 6.45) is 1.92. The third kappa shape index (κ3) is 3.59. The van der Waals surface area contributed by atoms with Crippen molar-refractivity contribution < 1.29 is 19.1 Å². The van der Waals surface area contributed by atoms with Gasteiger partial charge in [0.15, 0.2) is 0 Å². The van der Waals surface area contributed by atoms with Crippen LogP contribution in [0.5, 0.6) is 5.75 Å². The molecule has 0 aliphatic heterocycles. The van der Waals surface area contributed by atoms with Crippen molar-refractivity contribution in [2.75, 3.05) is 14.2 Å². The number of nitrogens with one attached hydrogen (secondary N) is 1. The predicted octanol–water partition coefficient (Wildman–Crippen LogP) is 1.72. The van der Waals surface area contributed by atoms with E-state index in [-0.39, 0.29) is 5.70 Å². The van der Waals surface area contributed by atoms with Gasteiger partial charge in [-0.2, -0.15) is 0 Å². The highest BCUT2D eigenvalue weighted by Crippen LogP contribution is 2.24. The molecule has 5 nitrogen and oxygen atoms in total. The van der Waals surface area contributed by atoms with Gasteiger partial charge >= 0.3 is 5.97 Å². The molecule has 0 aliphatic rings. The van der Waals surface area contributed by atoms with Crippen molar-refractivity contribution in [1.29, 1.82) is 0 Å². The molecule has 96 valence electrons. The van der Waals surface area contributed by atoms with Gasteiger partial charge in [0.25, 0.3) is 0 Å². The summed E-state index contributed by atoms with van der Waals surface area (Å²) in [6.45, 7) is 0. The van der Waals surface area contributed by atoms with Crippen molar-refractivity contribution in [3.8, 4) is 5.75 Å². The van der Waals surface area contributed by atoms with Crippen molar-refractivity contribution in [2.24, 2.45) is 0 Å². The average Bonchev–Trinajstić information content (AvgIpc) is 2.39. The number of rotatable bonds is 5. The molecule has 6 heteroatoms. The van der Waals surface area contributed by atoms with E-state index in [0.717, 1.165) is 4.47 Å². The van der Waals surface area contributed by atoms with E-state index in [0.29, 0.717) is 17.7 Å². The number of esters is 1. The number of hydrogen-bond donors (Lipinski definition) is 1. The molecule has 0 aliphatic carbocycles. The van der Waals surface area contributed by atoms with E-state index in [1.165, 1.54) is 13.2 Å². The Morgan fingerprint density at radius 1 is 1.39 bits per heavy atom. The van der Waals surface area contributed by atoms with Crippen molar-refractivity contribution in [2.45, 2.75) is 0 Å². The van der Waals surface area contributed by atoms with Crippen LogP contribution in [0, 0.1) is 0 Å². The summed E-state index contributed by atoms with van der Waals surface area (Å²) < 4.78 is 10.3. The maximum absolute atomic E-state index is 11.4. The number of methoxy groups -OCH3 is 2. The van der Waals surface area contributed by atoms with Crippen LogP contribution in [-0.2, 0) is 14.3 Å². The van der Waals surface area contributed by atoms with Gasteiger partial charge in [-0.25, -0.2) is 4.79 Å². The van der Waals surface area contributed by atoms with E-state index in [4.69, 9.17) is 4.74 Å². The number of amides is 1. The topological polar surface area (TPSA) is 64.6 Å². The SMILES string of the molecule is COC(=O)/C(=C\c1ccc(OC)cc1Br)NC=O. The zero-order valence-electron chi connectivity index (χ0n) is 9.90. The molecule has 0 saturated heterocycles. The first kappa shape index (κ1) is 14.2. The number of ether oxygens (including phenoxy) is 2. The quantitative estimate of drug-likeness (QED) is 0.510. The van der Waals surface area contributed by atoms with E-state index in [2.05, 4.69) is 26.0 Å². The van der Waals surface area contributed by atoms with Crippen LogP contribution >= 0.6 is 15.9 Å². The molecular weight excluding hydrogens is 302 g/mol. The second-order valence-corrected chi connectivity index (χ2v) is 4.05. The molecule has 0 unspecified atom stereocenters. The fourth-order valence-corrected chi connectivity index (χ4v) is 1.71. The fourth-order valence-electron chi connectivity index (χ4n) is 1.24. The maximum Gasteiger partial charge on any atom is 0.354 e. The Bertz CT molecular complexity index is 485. The van der Waals surface area contributed by atoms with Crippen LogP contribution < -0.4 is 10.1 Å². The molecule has 1 aromatic rings. The van der Waals surface area contributed by atoms with Gasteiger partial charge in [-0.3, -0.25) is 4.79 Å². The van der Waals surface area contributed by atoms with Gasteiger partial charge in [-0.05, 0) is 23.8 Å². The number of carbonyl (C=O) groups excluding carboxylic acids is 2. The third-order valence-electron chi connectivity index (χ3n) is 2.13. The summed E-state index contributed by atoms with van der Waals surface area (Å²) in [4.78, 5) is 21.8. The van der Waals surface area contributed by atoms with Crippen molar-refractivity contribution in [3.05, 3.63) is 33.9 Å². The standard InChI is InChI=1S/C12H12BrNO4/c1-17-9-4-3-8(10(13)6-9)5-11(14-7-15)12(16)18-2/h3-7H,1-2H3,(H,14,15)/b11-5+. The summed E-state index contributed by atoms with van der Waals surface area (Å²) >= 11 is 3.35. The lowest BCUT2D eigenvalue weighted by molar-refractivity contribution is -0.137. The predicted molar refractivity (Wildman–Crippen MR) is 69.9 cm³/mol. The first-order chi connectivity index (χ1) is 8.62. The molecular formula is C12H12BrNO4. The van der Waals surface area contributed by atoms with Gasteiger partial charge in [0.1, 0.15) is 11.4 Å². The number of halogens is 1. The second kappa shape index (κ2) is 6.80. The molecule has 18 heavy (non-hydrogen) atoms. The van der Waals surface area contributed by atoms with Crippen LogP contribution in [-0.4, -0.2) is 26.6 Å². The van der Waals surface area contributed by atoms with Crippen LogP contribution in [0.15, 0.2) is 28.4 Å². The fraction of sp³-hybridized carbons (Fsp3) is 0.167. The lowest BCUT2D eigenvalue weighted by Crippen LogP contribution is -2.19. The Balaban J connectivity index is 3.11. The van der Waals surface area contributed by atoms with E-state index in [9.17, 15) is 9.59 Å². The zero-order chi connectivity index (χ0) is 13.5. The summed E-state index contributed by atoms with van der Waals surface area (Å²) in [7, 11) is 2.80. The molecule has 1 amide bonds. The van der Waals surface area contributed by atoms with Crippen LogP contribution in [0.3, 0.4) is 0 Å². The lowest BCUT2D eigenvalue weighted by atomic mass is 10.2. The van der Waals surface area contributed by atoms with Crippen LogP contribution in [0.1, 0.15) is 5.56 Å². The second-order valence-electron chi connectivity index (χ2n) is 3.20.